The number of rotatable bonds is 3. The molecule has 1 fully saturated rings. The van der Waals surface area contributed by atoms with E-state index in [0.29, 0.717) is 6.54 Å². The molecule has 2 rings (SSSR count). The Labute approximate surface area is 105 Å². The van der Waals surface area contributed by atoms with E-state index in [9.17, 15) is 0 Å². The molecule has 0 unspecified atom stereocenters. The largest absolute Gasteiger partial charge is 0.496 e. The van der Waals surface area contributed by atoms with Gasteiger partial charge in [-0.1, -0.05) is 34.8 Å². The van der Waals surface area contributed by atoms with Crippen LogP contribution in [-0.2, 0) is 5.41 Å². The standard InChI is InChI=1S/C13H18BrNO/c1-16-12-8-10(14)4-5-11(12)13(9-15)6-2-3-7-13/h4-5,8H,2-3,6-7,9,15H2,1H3. The molecular formula is C13H18BrNO. The Morgan fingerprint density at radius 3 is 2.62 bits per heavy atom. The van der Waals surface area contributed by atoms with Crippen LogP contribution in [0.25, 0.3) is 0 Å². The van der Waals surface area contributed by atoms with Gasteiger partial charge in [-0.2, -0.15) is 0 Å². The molecule has 2 nitrogen and oxygen atoms in total. The van der Waals surface area contributed by atoms with E-state index < -0.39 is 0 Å². The van der Waals surface area contributed by atoms with E-state index in [4.69, 9.17) is 10.5 Å². The van der Waals surface area contributed by atoms with Crippen LogP contribution in [-0.4, -0.2) is 13.7 Å². The van der Waals surface area contributed by atoms with Gasteiger partial charge in [0.15, 0.2) is 0 Å². The van der Waals surface area contributed by atoms with Gasteiger partial charge in [0.1, 0.15) is 5.75 Å². The minimum Gasteiger partial charge on any atom is -0.496 e. The lowest BCUT2D eigenvalue weighted by molar-refractivity contribution is 0.377. The molecule has 0 bridgehead atoms. The van der Waals surface area contributed by atoms with Crippen molar-refractivity contribution >= 4 is 15.9 Å². The molecule has 0 atom stereocenters. The van der Waals surface area contributed by atoms with E-state index >= 15 is 0 Å². The Kier molecular flexibility index (Phi) is 3.55. The van der Waals surface area contributed by atoms with Crippen LogP contribution in [0.4, 0.5) is 0 Å². The molecule has 0 spiro atoms. The van der Waals surface area contributed by atoms with Crippen LogP contribution in [0, 0.1) is 0 Å². The molecule has 0 aliphatic heterocycles. The van der Waals surface area contributed by atoms with Crippen LogP contribution in [0.15, 0.2) is 22.7 Å². The Bertz CT molecular complexity index is 372. The first-order valence-electron chi connectivity index (χ1n) is 5.76. The van der Waals surface area contributed by atoms with Gasteiger partial charge in [0.25, 0.3) is 0 Å². The highest BCUT2D eigenvalue weighted by Gasteiger charge is 2.36. The Morgan fingerprint density at radius 1 is 1.38 bits per heavy atom. The normalized spacial score (nSPS) is 18.7. The molecule has 1 aliphatic rings. The maximum Gasteiger partial charge on any atom is 0.123 e. The molecule has 0 aromatic heterocycles. The van der Waals surface area contributed by atoms with Gasteiger partial charge in [0.2, 0.25) is 0 Å². The average molecular weight is 284 g/mol. The van der Waals surface area contributed by atoms with E-state index in [1.807, 2.05) is 6.07 Å². The summed E-state index contributed by atoms with van der Waals surface area (Å²) in [5, 5.41) is 0. The Hall–Kier alpha value is -0.540. The van der Waals surface area contributed by atoms with Crippen molar-refractivity contribution in [1.29, 1.82) is 0 Å². The topological polar surface area (TPSA) is 35.2 Å². The predicted octanol–water partition coefficient (Wildman–Crippen LogP) is 3.23. The summed E-state index contributed by atoms with van der Waals surface area (Å²) in [7, 11) is 1.73. The van der Waals surface area contributed by atoms with Crippen LogP contribution in [0.3, 0.4) is 0 Å². The number of nitrogens with two attached hydrogens (primary N) is 1. The van der Waals surface area contributed by atoms with Crippen molar-refractivity contribution in [2.75, 3.05) is 13.7 Å². The second-order valence-corrected chi connectivity index (χ2v) is 5.45. The molecule has 2 N–H and O–H groups in total. The fraction of sp³-hybridized carbons (Fsp3) is 0.538. The average Bonchev–Trinajstić information content (AvgIpc) is 2.78. The van der Waals surface area contributed by atoms with Crippen molar-refractivity contribution < 1.29 is 4.74 Å². The fourth-order valence-electron chi connectivity index (χ4n) is 2.74. The van der Waals surface area contributed by atoms with Gasteiger partial charge in [0.05, 0.1) is 7.11 Å². The van der Waals surface area contributed by atoms with Gasteiger partial charge >= 0.3 is 0 Å². The van der Waals surface area contributed by atoms with Crippen molar-refractivity contribution in [3.8, 4) is 5.75 Å². The molecule has 16 heavy (non-hydrogen) atoms. The number of methoxy groups -OCH3 is 1. The summed E-state index contributed by atoms with van der Waals surface area (Å²) >= 11 is 3.47. The third kappa shape index (κ3) is 1.98. The molecule has 1 aromatic rings. The Morgan fingerprint density at radius 2 is 2.06 bits per heavy atom. The highest BCUT2D eigenvalue weighted by Crippen LogP contribution is 2.44. The highest BCUT2D eigenvalue weighted by atomic mass is 79.9. The first kappa shape index (κ1) is 11.9. The zero-order valence-electron chi connectivity index (χ0n) is 9.63. The SMILES string of the molecule is COc1cc(Br)ccc1C1(CN)CCCC1. The number of halogens is 1. The minimum atomic E-state index is 0.145. The number of ether oxygens (including phenoxy) is 1. The smallest absolute Gasteiger partial charge is 0.123 e. The predicted molar refractivity (Wildman–Crippen MR) is 69.9 cm³/mol. The molecule has 0 radical (unpaired) electrons. The van der Waals surface area contributed by atoms with Crippen molar-refractivity contribution in [2.24, 2.45) is 5.73 Å². The van der Waals surface area contributed by atoms with Gasteiger partial charge in [-0.25, -0.2) is 0 Å². The van der Waals surface area contributed by atoms with E-state index in [0.717, 1.165) is 10.2 Å². The van der Waals surface area contributed by atoms with Crippen molar-refractivity contribution in [3.63, 3.8) is 0 Å². The number of hydrogen-bond donors (Lipinski definition) is 1. The molecule has 3 heteroatoms. The minimum absolute atomic E-state index is 0.145. The summed E-state index contributed by atoms with van der Waals surface area (Å²) in [4.78, 5) is 0. The van der Waals surface area contributed by atoms with Gasteiger partial charge < -0.3 is 10.5 Å². The fourth-order valence-corrected chi connectivity index (χ4v) is 3.08. The summed E-state index contributed by atoms with van der Waals surface area (Å²) in [6.45, 7) is 0.713. The van der Waals surface area contributed by atoms with E-state index in [-0.39, 0.29) is 5.41 Å². The first-order chi connectivity index (χ1) is 7.72. The van der Waals surface area contributed by atoms with Crippen molar-refractivity contribution in [2.45, 2.75) is 31.1 Å². The molecular weight excluding hydrogens is 266 g/mol. The zero-order chi connectivity index (χ0) is 11.6. The van der Waals surface area contributed by atoms with E-state index in [2.05, 4.69) is 28.1 Å². The molecule has 1 saturated carbocycles. The highest BCUT2D eigenvalue weighted by molar-refractivity contribution is 9.10. The second kappa shape index (κ2) is 4.76. The third-order valence-electron chi connectivity index (χ3n) is 3.69. The van der Waals surface area contributed by atoms with E-state index in [1.54, 1.807) is 7.11 Å². The summed E-state index contributed by atoms with van der Waals surface area (Å²) in [5.74, 6) is 0.960. The molecule has 0 amide bonds. The van der Waals surface area contributed by atoms with Gasteiger partial charge in [-0.15, -0.1) is 0 Å². The first-order valence-corrected chi connectivity index (χ1v) is 6.55. The van der Waals surface area contributed by atoms with Crippen LogP contribution in [0.1, 0.15) is 31.2 Å². The van der Waals surface area contributed by atoms with Gasteiger partial charge in [0, 0.05) is 22.0 Å². The summed E-state index contributed by atoms with van der Waals surface area (Å²) in [5.41, 5.74) is 7.42. The van der Waals surface area contributed by atoms with Gasteiger partial charge in [-0.3, -0.25) is 0 Å². The second-order valence-electron chi connectivity index (χ2n) is 4.54. The van der Waals surface area contributed by atoms with E-state index in [1.165, 1.54) is 31.2 Å². The molecule has 1 aromatic carbocycles. The number of benzene rings is 1. The maximum absolute atomic E-state index is 6.00. The zero-order valence-corrected chi connectivity index (χ0v) is 11.2. The van der Waals surface area contributed by atoms with Crippen LogP contribution < -0.4 is 10.5 Å². The van der Waals surface area contributed by atoms with Crippen LogP contribution in [0.2, 0.25) is 0 Å². The maximum atomic E-state index is 6.00. The summed E-state index contributed by atoms with van der Waals surface area (Å²) in [6.07, 6.45) is 4.91. The third-order valence-corrected chi connectivity index (χ3v) is 4.18. The Balaban J connectivity index is 2.45. The summed E-state index contributed by atoms with van der Waals surface area (Å²) in [6, 6.07) is 6.26. The molecule has 0 saturated heterocycles. The molecule has 0 heterocycles. The molecule has 1 aliphatic carbocycles. The summed E-state index contributed by atoms with van der Waals surface area (Å²) < 4.78 is 6.53. The van der Waals surface area contributed by atoms with Crippen LogP contribution in [0.5, 0.6) is 5.75 Å². The monoisotopic (exact) mass is 283 g/mol. The van der Waals surface area contributed by atoms with Gasteiger partial charge in [-0.05, 0) is 25.0 Å². The van der Waals surface area contributed by atoms with Crippen LogP contribution >= 0.6 is 15.9 Å². The van der Waals surface area contributed by atoms with Crippen molar-refractivity contribution in [3.05, 3.63) is 28.2 Å². The number of hydrogen-bond acceptors (Lipinski definition) is 2. The lowest BCUT2D eigenvalue weighted by Gasteiger charge is -2.29. The quantitative estimate of drug-likeness (QED) is 0.925. The van der Waals surface area contributed by atoms with Crippen molar-refractivity contribution in [1.82, 2.24) is 0 Å². The lowest BCUT2D eigenvalue weighted by Crippen LogP contribution is -2.32. The molecule has 88 valence electrons. The lowest BCUT2D eigenvalue weighted by atomic mass is 9.78.